The topological polar surface area (TPSA) is 58.6 Å². The second-order valence-electron chi connectivity index (χ2n) is 7.47. The molecule has 27 heavy (non-hydrogen) atoms. The number of benzene rings is 1. The van der Waals surface area contributed by atoms with Crippen molar-refractivity contribution in [3.05, 3.63) is 54.0 Å². The molecule has 1 aromatic carbocycles. The highest BCUT2D eigenvalue weighted by Crippen LogP contribution is 2.16. The van der Waals surface area contributed by atoms with Gasteiger partial charge >= 0.3 is 6.09 Å². The third kappa shape index (κ3) is 5.54. The molecule has 0 saturated carbocycles. The largest absolute Gasteiger partial charge is 0.444 e. The van der Waals surface area contributed by atoms with E-state index in [4.69, 9.17) is 4.74 Å². The number of carbonyl (C=O) groups is 1. The molecule has 1 aromatic heterocycles. The standard InChI is InChI=1S/C21H26N4O2/c1-21(2,3)27-20(26)25-15-13-24(14-16-25)19-11-12-22-18(23-19)10-9-17-7-5-4-6-8-17/h4-12H,13-16H2,1-3H3/b10-9+. The first-order chi connectivity index (χ1) is 12.9. The number of ether oxygens (including phenoxy) is 1. The highest BCUT2D eigenvalue weighted by molar-refractivity contribution is 5.69. The number of aromatic nitrogens is 2. The molecule has 6 heteroatoms. The van der Waals surface area contributed by atoms with Crippen LogP contribution in [0.2, 0.25) is 0 Å². The molecule has 3 rings (SSSR count). The first-order valence-corrected chi connectivity index (χ1v) is 9.20. The Bertz CT molecular complexity index is 791. The van der Waals surface area contributed by atoms with Crippen LogP contribution >= 0.6 is 0 Å². The van der Waals surface area contributed by atoms with E-state index in [1.54, 1.807) is 11.1 Å². The van der Waals surface area contributed by atoms with Crippen LogP contribution in [0.5, 0.6) is 0 Å². The average Bonchev–Trinajstić information content (AvgIpc) is 2.66. The Balaban J connectivity index is 1.60. The number of hydrogen-bond acceptors (Lipinski definition) is 5. The molecule has 1 saturated heterocycles. The maximum absolute atomic E-state index is 12.2. The van der Waals surface area contributed by atoms with Gasteiger partial charge in [0.15, 0.2) is 5.82 Å². The molecule has 1 aliphatic rings. The molecule has 0 aliphatic carbocycles. The minimum atomic E-state index is -0.471. The van der Waals surface area contributed by atoms with Crippen LogP contribution in [0.15, 0.2) is 42.6 Å². The molecule has 0 atom stereocenters. The van der Waals surface area contributed by atoms with E-state index in [1.807, 2.05) is 69.3 Å². The fraction of sp³-hybridized carbons (Fsp3) is 0.381. The van der Waals surface area contributed by atoms with E-state index in [9.17, 15) is 4.79 Å². The zero-order valence-electron chi connectivity index (χ0n) is 16.1. The highest BCUT2D eigenvalue weighted by Gasteiger charge is 2.26. The summed E-state index contributed by atoms with van der Waals surface area (Å²) in [6.07, 6.45) is 5.43. The van der Waals surface area contributed by atoms with Crippen molar-refractivity contribution in [3.8, 4) is 0 Å². The summed E-state index contributed by atoms with van der Waals surface area (Å²) < 4.78 is 5.44. The maximum atomic E-state index is 12.2. The van der Waals surface area contributed by atoms with Gasteiger partial charge in [0.2, 0.25) is 0 Å². The number of carbonyl (C=O) groups excluding carboxylic acids is 1. The van der Waals surface area contributed by atoms with E-state index >= 15 is 0 Å². The van der Waals surface area contributed by atoms with Gasteiger partial charge in [-0.3, -0.25) is 0 Å². The molecular weight excluding hydrogens is 340 g/mol. The summed E-state index contributed by atoms with van der Waals surface area (Å²) in [5.74, 6) is 1.55. The predicted molar refractivity (Wildman–Crippen MR) is 107 cm³/mol. The second kappa shape index (κ2) is 8.20. The summed E-state index contributed by atoms with van der Waals surface area (Å²) in [6, 6.07) is 12.0. The van der Waals surface area contributed by atoms with Crippen molar-refractivity contribution in [2.24, 2.45) is 0 Å². The maximum Gasteiger partial charge on any atom is 0.410 e. The minimum absolute atomic E-state index is 0.253. The Labute approximate surface area is 160 Å². The van der Waals surface area contributed by atoms with Crippen molar-refractivity contribution in [1.29, 1.82) is 0 Å². The lowest BCUT2D eigenvalue weighted by Gasteiger charge is -2.36. The van der Waals surface area contributed by atoms with Crippen LogP contribution < -0.4 is 4.90 Å². The number of anilines is 1. The van der Waals surface area contributed by atoms with Gasteiger partial charge in [0, 0.05) is 32.4 Å². The normalized spacial score (nSPS) is 15.2. The molecule has 1 aliphatic heterocycles. The summed E-state index contributed by atoms with van der Waals surface area (Å²) in [7, 11) is 0. The molecule has 0 bridgehead atoms. The molecule has 0 unspecified atom stereocenters. The van der Waals surface area contributed by atoms with Gasteiger partial charge < -0.3 is 14.5 Å². The smallest absolute Gasteiger partial charge is 0.410 e. The van der Waals surface area contributed by atoms with Crippen molar-refractivity contribution in [3.63, 3.8) is 0 Å². The number of nitrogens with zero attached hydrogens (tertiary/aromatic N) is 4. The Morgan fingerprint density at radius 3 is 2.41 bits per heavy atom. The SMILES string of the molecule is CC(C)(C)OC(=O)N1CCN(c2ccnc(/C=C/c3ccccc3)n2)CC1. The number of amides is 1. The van der Waals surface area contributed by atoms with Gasteiger partial charge in [-0.15, -0.1) is 0 Å². The van der Waals surface area contributed by atoms with Crippen LogP contribution in [0.4, 0.5) is 10.6 Å². The van der Waals surface area contributed by atoms with Gasteiger partial charge in [-0.25, -0.2) is 14.8 Å². The molecule has 6 nitrogen and oxygen atoms in total. The van der Waals surface area contributed by atoms with E-state index in [2.05, 4.69) is 14.9 Å². The lowest BCUT2D eigenvalue weighted by Crippen LogP contribution is -2.50. The lowest BCUT2D eigenvalue weighted by molar-refractivity contribution is 0.0240. The molecule has 0 radical (unpaired) electrons. The van der Waals surface area contributed by atoms with Crippen molar-refractivity contribution in [2.75, 3.05) is 31.1 Å². The van der Waals surface area contributed by atoms with Gasteiger partial charge in [-0.1, -0.05) is 36.4 Å². The van der Waals surface area contributed by atoms with Crippen LogP contribution in [-0.4, -0.2) is 52.7 Å². The summed E-state index contributed by atoms with van der Waals surface area (Å²) in [5, 5.41) is 0. The van der Waals surface area contributed by atoms with E-state index in [0.29, 0.717) is 18.9 Å². The molecule has 0 N–H and O–H groups in total. The van der Waals surface area contributed by atoms with E-state index in [-0.39, 0.29) is 6.09 Å². The van der Waals surface area contributed by atoms with E-state index < -0.39 is 5.60 Å². The molecule has 2 heterocycles. The first kappa shape index (κ1) is 18.9. The Hall–Kier alpha value is -2.89. The van der Waals surface area contributed by atoms with Crippen molar-refractivity contribution in [1.82, 2.24) is 14.9 Å². The second-order valence-corrected chi connectivity index (χ2v) is 7.47. The van der Waals surface area contributed by atoms with Gasteiger partial charge in [-0.05, 0) is 38.5 Å². The third-order valence-corrected chi connectivity index (χ3v) is 4.14. The summed E-state index contributed by atoms with van der Waals surface area (Å²) >= 11 is 0. The van der Waals surface area contributed by atoms with E-state index in [0.717, 1.165) is 24.5 Å². The zero-order chi connectivity index (χ0) is 19.3. The summed E-state index contributed by atoms with van der Waals surface area (Å²) in [5.41, 5.74) is 0.637. The van der Waals surface area contributed by atoms with Gasteiger partial charge in [0.05, 0.1) is 0 Å². The van der Waals surface area contributed by atoms with Gasteiger partial charge in [-0.2, -0.15) is 0 Å². The van der Waals surface area contributed by atoms with Crippen molar-refractivity contribution >= 4 is 24.1 Å². The van der Waals surface area contributed by atoms with Crippen molar-refractivity contribution < 1.29 is 9.53 Å². The third-order valence-electron chi connectivity index (χ3n) is 4.14. The molecule has 142 valence electrons. The zero-order valence-corrected chi connectivity index (χ0v) is 16.1. The summed E-state index contributed by atoms with van der Waals surface area (Å²) in [6.45, 7) is 8.32. The molecule has 1 amide bonds. The monoisotopic (exact) mass is 366 g/mol. The molecule has 2 aromatic rings. The minimum Gasteiger partial charge on any atom is -0.444 e. The quantitative estimate of drug-likeness (QED) is 0.829. The predicted octanol–water partition coefficient (Wildman–Crippen LogP) is 3.70. The van der Waals surface area contributed by atoms with Gasteiger partial charge in [0.25, 0.3) is 0 Å². The van der Waals surface area contributed by atoms with Crippen LogP contribution in [-0.2, 0) is 4.74 Å². The average molecular weight is 366 g/mol. The molecular formula is C21H26N4O2. The Morgan fingerprint density at radius 2 is 1.74 bits per heavy atom. The van der Waals surface area contributed by atoms with Crippen LogP contribution in [0.1, 0.15) is 32.2 Å². The molecule has 1 fully saturated rings. The summed E-state index contributed by atoms with van der Waals surface area (Å²) in [4.78, 5) is 25.1. The highest BCUT2D eigenvalue weighted by atomic mass is 16.6. The molecule has 0 spiro atoms. The fourth-order valence-corrected chi connectivity index (χ4v) is 2.80. The van der Waals surface area contributed by atoms with Crippen LogP contribution in [0, 0.1) is 0 Å². The first-order valence-electron chi connectivity index (χ1n) is 9.20. The number of rotatable bonds is 3. The number of hydrogen-bond donors (Lipinski definition) is 0. The van der Waals surface area contributed by atoms with Crippen LogP contribution in [0.25, 0.3) is 12.2 Å². The van der Waals surface area contributed by atoms with Crippen molar-refractivity contribution in [2.45, 2.75) is 26.4 Å². The fourth-order valence-electron chi connectivity index (χ4n) is 2.80. The Morgan fingerprint density at radius 1 is 1.04 bits per heavy atom. The van der Waals surface area contributed by atoms with Crippen LogP contribution in [0.3, 0.4) is 0 Å². The number of piperazine rings is 1. The van der Waals surface area contributed by atoms with Gasteiger partial charge in [0.1, 0.15) is 11.4 Å². The van der Waals surface area contributed by atoms with E-state index in [1.165, 1.54) is 0 Å². The Kier molecular flexibility index (Phi) is 5.74. The lowest BCUT2D eigenvalue weighted by atomic mass is 10.2.